The van der Waals surface area contributed by atoms with E-state index in [9.17, 15) is 9.59 Å². The van der Waals surface area contributed by atoms with Gasteiger partial charge in [-0.15, -0.1) is 0 Å². The lowest BCUT2D eigenvalue weighted by Gasteiger charge is -2.32. The first-order valence-corrected chi connectivity index (χ1v) is 8.74. The van der Waals surface area contributed by atoms with E-state index in [1.54, 1.807) is 36.4 Å². The van der Waals surface area contributed by atoms with Gasteiger partial charge in [0.25, 0.3) is 5.91 Å². The highest BCUT2D eigenvalue weighted by Gasteiger charge is 2.30. The van der Waals surface area contributed by atoms with Gasteiger partial charge >= 0.3 is 5.97 Å². The number of hydrogen-bond donors (Lipinski definition) is 1. The SMILES string of the molecule is N#Cc1ccc(N2CCC(C(=O)O[C@@H](C(N)=O)c3ccccc3)CC2)nc1. The third kappa shape index (κ3) is 4.42. The molecule has 1 atom stereocenters. The van der Waals surface area contributed by atoms with Gasteiger partial charge < -0.3 is 15.4 Å². The van der Waals surface area contributed by atoms with Crippen molar-refractivity contribution in [2.24, 2.45) is 11.7 Å². The number of esters is 1. The van der Waals surface area contributed by atoms with Crippen LogP contribution in [-0.4, -0.2) is 29.9 Å². The van der Waals surface area contributed by atoms with E-state index in [-0.39, 0.29) is 5.92 Å². The molecule has 1 aromatic carbocycles. The van der Waals surface area contributed by atoms with Crippen LogP contribution in [0.3, 0.4) is 0 Å². The van der Waals surface area contributed by atoms with Gasteiger partial charge in [-0.05, 0) is 25.0 Å². The molecule has 27 heavy (non-hydrogen) atoms. The van der Waals surface area contributed by atoms with E-state index < -0.39 is 18.0 Å². The Morgan fingerprint density at radius 3 is 2.44 bits per heavy atom. The van der Waals surface area contributed by atoms with Crippen molar-refractivity contribution < 1.29 is 14.3 Å². The first-order chi connectivity index (χ1) is 13.1. The molecule has 1 aliphatic heterocycles. The van der Waals surface area contributed by atoms with Crippen LogP contribution in [-0.2, 0) is 14.3 Å². The molecule has 138 valence electrons. The lowest BCUT2D eigenvalue weighted by Crippen LogP contribution is -2.38. The standard InChI is InChI=1S/C20H20N4O3/c21-12-14-6-7-17(23-13-14)24-10-8-16(9-11-24)20(26)27-18(19(22)25)15-4-2-1-3-5-15/h1-7,13,16,18H,8-11H2,(H2,22,25)/t18-/m1/s1. The van der Waals surface area contributed by atoms with Crippen molar-refractivity contribution in [3.05, 3.63) is 59.8 Å². The van der Waals surface area contributed by atoms with Crippen LogP contribution in [0.25, 0.3) is 0 Å². The Labute approximate surface area is 157 Å². The predicted molar refractivity (Wildman–Crippen MR) is 98.4 cm³/mol. The number of amides is 1. The third-order valence-corrected chi connectivity index (χ3v) is 4.62. The highest BCUT2D eigenvalue weighted by molar-refractivity contribution is 5.84. The van der Waals surface area contributed by atoms with Crippen LogP contribution in [0.2, 0.25) is 0 Å². The van der Waals surface area contributed by atoms with Gasteiger partial charge in [0.15, 0.2) is 0 Å². The fourth-order valence-electron chi connectivity index (χ4n) is 3.11. The number of aromatic nitrogens is 1. The number of carbonyl (C=O) groups excluding carboxylic acids is 2. The molecule has 0 aliphatic carbocycles. The number of nitrogens with two attached hydrogens (primary N) is 1. The van der Waals surface area contributed by atoms with Crippen LogP contribution in [0, 0.1) is 17.2 Å². The van der Waals surface area contributed by atoms with Crippen molar-refractivity contribution in [2.75, 3.05) is 18.0 Å². The number of nitrogens with zero attached hydrogens (tertiary/aromatic N) is 3. The summed E-state index contributed by atoms with van der Waals surface area (Å²) in [5, 5.41) is 8.84. The van der Waals surface area contributed by atoms with Gasteiger partial charge in [-0.2, -0.15) is 5.26 Å². The zero-order chi connectivity index (χ0) is 19.2. The number of piperidine rings is 1. The second-order valence-electron chi connectivity index (χ2n) is 6.41. The van der Waals surface area contributed by atoms with E-state index in [4.69, 9.17) is 15.7 Å². The monoisotopic (exact) mass is 364 g/mol. The van der Waals surface area contributed by atoms with Gasteiger partial charge in [0.05, 0.1) is 11.5 Å². The normalized spacial score (nSPS) is 15.6. The molecule has 1 aromatic heterocycles. The van der Waals surface area contributed by atoms with E-state index in [1.165, 1.54) is 6.20 Å². The highest BCUT2D eigenvalue weighted by atomic mass is 16.5. The Balaban J connectivity index is 1.59. The molecule has 0 unspecified atom stereocenters. The largest absolute Gasteiger partial charge is 0.447 e. The predicted octanol–water partition coefficient (Wildman–Crippen LogP) is 1.94. The molecule has 1 saturated heterocycles. The van der Waals surface area contributed by atoms with Gasteiger partial charge in [0, 0.05) is 24.8 Å². The summed E-state index contributed by atoms with van der Waals surface area (Å²) >= 11 is 0. The van der Waals surface area contributed by atoms with E-state index in [0.29, 0.717) is 37.1 Å². The van der Waals surface area contributed by atoms with E-state index in [1.807, 2.05) is 12.1 Å². The average Bonchev–Trinajstić information content (AvgIpc) is 2.72. The molecule has 0 radical (unpaired) electrons. The maximum absolute atomic E-state index is 12.5. The molecule has 2 N–H and O–H groups in total. The summed E-state index contributed by atoms with van der Waals surface area (Å²) in [6.07, 6.45) is 1.66. The van der Waals surface area contributed by atoms with Crippen molar-refractivity contribution in [3.63, 3.8) is 0 Å². The molecule has 7 nitrogen and oxygen atoms in total. The highest BCUT2D eigenvalue weighted by Crippen LogP contribution is 2.25. The summed E-state index contributed by atoms with van der Waals surface area (Å²) in [6, 6.07) is 14.3. The number of carbonyl (C=O) groups is 2. The Morgan fingerprint density at radius 1 is 1.19 bits per heavy atom. The molecule has 2 aromatic rings. The summed E-state index contributed by atoms with van der Waals surface area (Å²) < 4.78 is 5.43. The number of rotatable bonds is 5. The van der Waals surface area contributed by atoms with Crippen LogP contribution >= 0.6 is 0 Å². The molecule has 1 aliphatic rings. The minimum Gasteiger partial charge on any atom is -0.447 e. The van der Waals surface area contributed by atoms with E-state index >= 15 is 0 Å². The number of hydrogen-bond acceptors (Lipinski definition) is 6. The second-order valence-corrected chi connectivity index (χ2v) is 6.41. The minimum atomic E-state index is -1.07. The third-order valence-electron chi connectivity index (χ3n) is 4.62. The van der Waals surface area contributed by atoms with Crippen LogP contribution in [0.4, 0.5) is 5.82 Å². The summed E-state index contributed by atoms with van der Waals surface area (Å²) in [5.74, 6) is -0.603. The number of nitriles is 1. The van der Waals surface area contributed by atoms with Gasteiger partial charge in [-0.1, -0.05) is 30.3 Å². The molecule has 1 amide bonds. The van der Waals surface area contributed by atoms with E-state index in [0.717, 1.165) is 5.82 Å². The molecular formula is C20H20N4O3. The van der Waals surface area contributed by atoms with Crippen LogP contribution in [0.5, 0.6) is 0 Å². The van der Waals surface area contributed by atoms with Crippen molar-refractivity contribution >= 4 is 17.7 Å². The fourth-order valence-corrected chi connectivity index (χ4v) is 3.11. The molecule has 3 rings (SSSR count). The molecule has 7 heteroatoms. The average molecular weight is 364 g/mol. The molecule has 1 fully saturated rings. The maximum atomic E-state index is 12.5. The molecule has 0 saturated carbocycles. The Morgan fingerprint density at radius 2 is 1.89 bits per heavy atom. The summed E-state index contributed by atoms with van der Waals surface area (Å²) in [7, 11) is 0. The quantitative estimate of drug-likeness (QED) is 0.812. The second kappa shape index (κ2) is 8.32. The van der Waals surface area contributed by atoms with Crippen molar-refractivity contribution in [2.45, 2.75) is 18.9 Å². The Kier molecular flexibility index (Phi) is 5.67. The number of primary amides is 1. The van der Waals surface area contributed by atoms with Gasteiger partial charge in [0.2, 0.25) is 6.10 Å². The number of benzene rings is 1. The summed E-state index contributed by atoms with van der Waals surface area (Å²) in [6.45, 7) is 1.29. The Bertz CT molecular complexity index is 838. The van der Waals surface area contributed by atoms with E-state index in [2.05, 4.69) is 9.88 Å². The molecule has 2 heterocycles. The number of ether oxygens (including phenoxy) is 1. The van der Waals surface area contributed by atoms with Crippen molar-refractivity contribution in [3.8, 4) is 6.07 Å². The summed E-state index contributed by atoms with van der Waals surface area (Å²) in [5.41, 5.74) is 6.49. The first kappa shape index (κ1) is 18.4. The molecule has 0 bridgehead atoms. The number of anilines is 1. The molecular weight excluding hydrogens is 344 g/mol. The van der Waals surface area contributed by atoms with Crippen molar-refractivity contribution in [1.82, 2.24) is 4.98 Å². The van der Waals surface area contributed by atoms with Crippen molar-refractivity contribution in [1.29, 1.82) is 5.26 Å². The lowest BCUT2D eigenvalue weighted by molar-refractivity contribution is -0.160. The van der Waals surface area contributed by atoms with Crippen LogP contribution < -0.4 is 10.6 Å². The number of pyridine rings is 1. The van der Waals surface area contributed by atoms with Crippen LogP contribution in [0.15, 0.2) is 48.7 Å². The van der Waals surface area contributed by atoms with Gasteiger partial charge in [0.1, 0.15) is 11.9 Å². The Hall–Kier alpha value is -3.40. The van der Waals surface area contributed by atoms with Gasteiger partial charge in [-0.25, -0.2) is 4.98 Å². The smallest absolute Gasteiger partial charge is 0.310 e. The first-order valence-electron chi connectivity index (χ1n) is 8.74. The fraction of sp³-hybridized carbons (Fsp3) is 0.300. The lowest BCUT2D eigenvalue weighted by atomic mass is 9.96. The summed E-state index contributed by atoms with van der Waals surface area (Å²) in [4.78, 5) is 30.6. The topological polar surface area (TPSA) is 109 Å². The zero-order valence-corrected chi connectivity index (χ0v) is 14.7. The minimum absolute atomic E-state index is 0.287. The zero-order valence-electron chi connectivity index (χ0n) is 14.7. The maximum Gasteiger partial charge on any atom is 0.310 e. The van der Waals surface area contributed by atoms with Crippen LogP contribution in [0.1, 0.15) is 30.1 Å². The molecule has 0 spiro atoms. The van der Waals surface area contributed by atoms with Gasteiger partial charge in [-0.3, -0.25) is 9.59 Å².